The molecule has 0 saturated carbocycles. The van der Waals surface area contributed by atoms with Crippen molar-refractivity contribution in [2.45, 2.75) is 27.2 Å². The Morgan fingerprint density at radius 1 is 1.30 bits per heavy atom. The number of nitrogens with zero attached hydrogens (tertiary/aromatic N) is 1. The van der Waals surface area contributed by atoms with E-state index in [9.17, 15) is 4.79 Å². The number of amides is 1. The monoisotopic (exact) mass is 271 g/mol. The number of hydrogen-bond acceptors (Lipinski definition) is 2. The van der Waals surface area contributed by atoms with E-state index < -0.39 is 0 Å². The van der Waals surface area contributed by atoms with Crippen LogP contribution in [0.5, 0.6) is 0 Å². The molecule has 1 aromatic carbocycles. The Hall–Kier alpha value is -2.10. The molecule has 0 unspecified atom stereocenters. The van der Waals surface area contributed by atoms with E-state index in [1.807, 2.05) is 31.2 Å². The lowest BCUT2D eigenvalue weighted by atomic mass is 10.1. The Labute approximate surface area is 119 Å². The highest BCUT2D eigenvalue weighted by molar-refractivity contribution is 5.93. The molecule has 0 spiro atoms. The molecule has 0 fully saturated rings. The maximum atomic E-state index is 11.9. The van der Waals surface area contributed by atoms with Crippen LogP contribution in [0.4, 0.5) is 0 Å². The van der Waals surface area contributed by atoms with E-state index in [1.54, 1.807) is 6.07 Å². The Kier molecular flexibility index (Phi) is 4.56. The molecule has 0 radical (unpaired) electrons. The van der Waals surface area contributed by atoms with Crippen molar-refractivity contribution >= 4 is 5.91 Å². The minimum atomic E-state index is -0.100. The van der Waals surface area contributed by atoms with Crippen molar-refractivity contribution in [3.8, 4) is 11.3 Å². The quantitative estimate of drug-likeness (QED) is 0.877. The third kappa shape index (κ3) is 3.70. The van der Waals surface area contributed by atoms with Gasteiger partial charge < -0.3 is 5.32 Å². The molecule has 4 nitrogen and oxygen atoms in total. The fourth-order valence-electron chi connectivity index (χ4n) is 1.88. The van der Waals surface area contributed by atoms with Crippen LogP contribution in [0, 0.1) is 12.8 Å². The summed E-state index contributed by atoms with van der Waals surface area (Å²) in [5.41, 5.74) is 3.51. The SMILES string of the molecule is Cc1ccc(-c2cc(C(=O)NCCC(C)C)[nH]n2)cc1. The van der Waals surface area contributed by atoms with Gasteiger partial charge in [0.15, 0.2) is 0 Å². The van der Waals surface area contributed by atoms with Crippen molar-refractivity contribution < 1.29 is 4.79 Å². The fourth-order valence-corrected chi connectivity index (χ4v) is 1.88. The van der Waals surface area contributed by atoms with E-state index >= 15 is 0 Å². The van der Waals surface area contributed by atoms with E-state index in [0.717, 1.165) is 17.7 Å². The first-order valence-corrected chi connectivity index (χ1v) is 6.97. The lowest BCUT2D eigenvalue weighted by molar-refractivity contribution is 0.0947. The van der Waals surface area contributed by atoms with Gasteiger partial charge in [-0.25, -0.2) is 0 Å². The molecule has 2 aromatic rings. The number of hydrogen-bond donors (Lipinski definition) is 2. The number of aromatic amines is 1. The number of aryl methyl sites for hydroxylation is 1. The summed E-state index contributed by atoms with van der Waals surface area (Å²) in [6.45, 7) is 7.01. The van der Waals surface area contributed by atoms with E-state index in [-0.39, 0.29) is 5.91 Å². The summed E-state index contributed by atoms with van der Waals surface area (Å²) in [5, 5.41) is 9.88. The van der Waals surface area contributed by atoms with Gasteiger partial charge in [-0.3, -0.25) is 9.89 Å². The molecule has 0 aliphatic rings. The maximum Gasteiger partial charge on any atom is 0.269 e. The summed E-state index contributed by atoms with van der Waals surface area (Å²) in [5.74, 6) is 0.483. The van der Waals surface area contributed by atoms with Crippen molar-refractivity contribution in [1.82, 2.24) is 15.5 Å². The Bertz CT molecular complexity index is 570. The predicted molar refractivity (Wildman–Crippen MR) is 80.5 cm³/mol. The Morgan fingerprint density at radius 2 is 2.00 bits per heavy atom. The van der Waals surface area contributed by atoms with Crippen LogP contribution in [-0.4, -0.2) is 22.6 Å². The molecule has 1 heterocycles. The molecule has 1 amide bonds. The number of rotatable bonds is 5. The average molecular weight is 271 g/mol. The van der Waals surface area contributed by atoms with Crippen LogP contribution in [-0.2, 0) is 0 Å². The van der Waals surface area contributed by atoms with E-state index in [1.165, 1.54) is 5.56 Å². The Morgan fingerprint density at radius 3 is 2.65 bits per heavy atom. The van der Waals surface area contributed by atoms with E-state index in [4.69, 9.17) is 0 Å². The van der Waals surface area contributed by atoms with Crippen molar-refractivity contribution in [1.29, 1.82) is 0 Å². The van der Waals surface area contributed by atoms with Crippen molar-refractivity contribution in [3.05, 3.63) is 41.6 Å². The molecule has 0 atom stereocenters. The topological polar surface area (TPSA) is 57.8 Å². The molecule has 2 rings (SSSR count). The highest BCUT2D eigenvalue weighted by Crippen LogP contribution is 2.18. The van der Waals surface area contributed by atoms with Crippen LogP contribution in [0.25, 0.3) is 11.3 Å². The smallest absolute Gasteiger partial charge is 0.269 e. The van der Waals surface area contributed by atoms with Crippen molar-refractivity contribution in [3.63, 3.8) is 0 Å². The third-order valence-corrected chi connectivity index (χ3v) is 3.18. The summed E-state index contributed by atoms with van der Waals surface area (Å²) in [4.78, 5) is 11.9. The van der Waals surface area contributed by atoms with Gasteiger partial charge in [0.05, 0.1) is 5.69 Å². The number of benzene rings is 1. The van der Waals surface area contributed by atoms with Crippen LogP contribution < -0.4 is 5.32 Å². The molecule has 2 N–H and O–H groups in total. The van der Waals surface area contributed by atoms with E-state index in [2.05, 4.69) is 29.4 Å². The third-order valence-electron chi connectivity index (χ3n) is 3.18. The molecule has 0 saturated heterocycles. The minimum absolute atomic E-state index is 0.100. The van der Waals surface area contributed by atoms with Gasteiger partial charge in [0, 0.05) is 12.1 Å². The number of carbonyl (C=O) groups excluding carboxylic acids is 1. The van der Waals surface area contributed by atoms with Gasteiger partial charge in [-0.15, -0.1) is 0 Å². The number of aromatic nitrogens is 2. The Balaban J connectivity index is 2.01. The molecule has 0 aliphatic heterocycles. The lowest BCUT2D eigenvalue weighted by Crippen LogP contribution is -2.25. The number of H-pyrrole nitrogens is 1. The van der Waals surface area contributed by atoms with Gasteiger partial charge in [-0.05, 0) is 25.3 Å². The zero-order chi connectivity index (χ0) is 14.5. The summed E-state index contributed by atoms with van der Waals surface area (Å²) in [6.07, 6.45) is 0.977. The summed E-state index contributed by atoms with van der Waals surface area (Å²) in [7, 11) is 0. The zero-order valence-corrected chi connectivity index (χ0v) is 12.2. The fraction of sp³-hybridized carbons (Fsp3) is 0.375. The van der Waals surface area contributed by atoms with Gasteiger partial charge in [-0.2, -0.15) is 5.10 Å². The van der Waals surface area contributed by atoms with Crippen molar-refractivity contribution in [2.75, 3.05) is 6.54 Å². The standard InChI is InChI=1S/C16H21N3O/c1-11(2)8-9-17-16(20)15-10-14(18-19-15)13-6-4-12(3)5-7-13/h4-7,10-11H,8-9H2,1-3H3,(H,17,20)(H,18,19). The summed E-state index contributed by atoms with van der Waals surface area (Å²) < 4.78 is 0. The second-order valence-corrected chi connectivity index (χ2v) is 5.47. The molecule has 1 aromatic heterocycles. The first-order valence-electron chi connectivity index (χ1n) is 6.97. The van der Waals surface area contributed by atoms with Crippen LogP contribution >= 0.6 is 0 Å². The molecule has 0 aliphatic carbocycles. The van der Waals surface area contributed by atoms with Crippen LogP contribution in [0.15, 0.2) is 30.3 Å². The van der Waals surface area contributed by atoms with Gasteiger partial charge in [-0.1, -0.05) is 43.7 Å². The summed E-state index contributed by atoms with van der Waals surface area (Å²) in [6, 6.07) is 9.87. The molecule has 106 valence electrons. The van der Waals surface area contributed by atoms with Gasteiger partial charge in [0.2, 0.25) is 0 Å². The number of carbonyl (C=O) groups is 1. The maximum absolute atomic E-state index is 11.9. The second-order valence-electron chi connectivity index (χ2n) is 5.47. The normalized spacial score (nSPS) is 10.8. The van der Waals surface area contributed by atoms with E-state index in [0.29, 0.717) is 18.2 Å². The van der Waals surface area contributed by atoms with Gasteiger partial charge in [0.25, 0.3) is 5.91 Å². The second kappa shape index (κ2) is 6.37. The van der Waals surface area contributed by atoms with Crippen LogP contribution in [0.2, 0.25) is 0 Å². The first kappa shape index (κ1) is 14.3. The predicted octanol–water partition coefficient (Wildman–Crippen LogP) is 3.16. The number of nitrogens with one attached hydrogen (secondary N) is 2. The lowest BCUT2D eigenvalue weighted by Gasteiger charge is -2.05. The molecule has 0 bridgehead atoms. The average Bonchev–Trinajstić information content (AvgIpc) is 2.88. The largest absolute Gasteiger partial charge is 0.351 e. The minimum Gasteiger partial charge on any atom is -0.351 e. The van der Waals surface area contributed by atoms with Crippen molar-refractivity contribution in [2.24, 2.45) is 5.92 Å². The van der Waals surface area contributed by atoms with Gasteiger partial charge in [0.1, 0.15) is 5.69 Å². The highest BCUT2D eigenvalue weighted by Gasteiger charge is 2.10. The highest BCUT2D eigenvalue weighted by atomic mass is 16.1. The molecular formula is C16H21N3O. The molecule has 4 heteroatoms. The van der Waals surface area contributed by atoms with Crippen LogP contribution in [0.3, 0.4) is 0 Å². The van der Waals surface area contributed by atoms with Crippen LogP contribution in [0.1, 0.15) is 36.3 Å². The molecular weight excluding hydrogens is 250 g/mol. The first-order chi connectivity index (χ1) is 9.56. The van der Waals surface area contributed by atoms with Gasteiger partial charge >= 0.3 is 0 Å². The summed E-state index contributed by atoms with van der Waals surface area (Å²) >= 11 is 0. The molecule has 20 heavy (non-hydrogen) atoms. The zero-order valence-electron chi connectivity index (χ0n) is 12.2.